The topological polar surface area (TPSA) is 32.3 Å². The van der Waals surface area contributed by atoms with Crippen LogP contribution in [0.15, 0.2) is 24.3 Å². The second-order valence-corrected chi connectivity index (χ2v) is 4.52. The third kappa shape index (κ3) is 2.15. The number of phenolic OH excluding ortho intramolecular Hbond substituents is 1. The largest absolute Gasteiger partial charge is 0.508 e. The molecule has 0 radical (unpaired) electrons. The highest BCUT2D eigenvalue weighted by molar-refractivity contribution is 5.30. The Hall–Kier alpha value is -1.02. The monoisotopic (exact) mass is 205 g/mol. The van der Waals surface area contributed by atoms with E-state index in [0.29, 0.717) is 23.8 Å². The fourth-order valence-electron chi connectivity index (χ4n) is 2.59. The van der Waals surface area contributed by atoms with Gasteiger partial charge >= 0.3 is 0 Å². The lowest BCUT2D eigenvalue weighted by Gasteiger charge is -2.18. The van der Waals surface area contributed by atoms with Gasteiger partial charge in [0, 0.05) is 18.0 Å². The van der Waals surface area contributed by atoms with Gasteiger partial charge in [-0.25, -0.2) is 0 Å². The molecular weight excluding hydrogens is 186 g/mol. The minimum atomic E-state index is 0.353. The van der Waals surface area contributed by atoms with E-state index in [2.05, 4.69) is 19.2 Å². The number of hydrogen-bond donors (Lipinski definition) is 2. The Labute approximate surface area is 91.3 Å². The third-order valence-electron chi connectivity index (χ3n) is 3.35. The van der Waals surface area contributed by atoms with Gasteiger partial charge in [0.25, 0.3) is 0 Å². The summed E-state index contributed by atoms with van der Waals surface area (Å²) in [6, 6.07) is 8.85. The molecule has 1 aliphatic rings. The number of rotatable bonds is 2. The molecule has 2 rings (SSSR count). The minimum absolute atomic E-state index is 0.353. The summed E-state index contributed by atoms with van der Waals surface area (Å²) in [7, 11) is 0. The molecule has 0 unspecified atom stereocenters. The highest BCUT2D eigenvalue weighted by atomic mass is 16.3. The molecule has 0 aliphatic carbocycles. The Morgan fingerprint density at radius 3 is 2.60 bits per heavy atom. The summed E-state index contributed by atoms with van der Waals surface area (Å²) in [4.78, 5) is 0. The fraction of sp³-hybridized carbons (Fsp3) is 0.538. The van der Waals surface area contributed by atoms with Crippen molar-refractivity contribution in [2.45, 2.75) is 44.7 Å². The van der Waals surface area contributed by atoms with E-state index < -0.39 is 0 Å². The molecule has 3 atom stereocenters. The lowest BCUT2D eigenvalue weighted by Crippen LogP contribution is -2.28. The first kappa shape index (κ1) is 10.5. The standard InChI is InChI=1S/C13H19NO/c1-3-13-12(8-9(2)14-13)10-4-6-11(15)7-5-10/h4-7,9,12-15H,3,8H2,1-2H3/t9-,12+,13-/m0/s1. The number of hydrogen-bond acceptors (Lipinski definition) is 2. The first-order chi connectivity index (χ1) is 7.20. The maximum Gasteiger partial charge on any atom is 0.115 e. The molecule has 1 aliphatic heterocycles. The van der Waals surface area contributed by atoms with Crippen molar-refractivity contribution in [3.63, 3.8) is 0 Å². The van der Waals surface area contributed by atoms with Crippen molar-refractivity contribution in [2.24, 2.45) is 0 Å². The number of aromatic hydroxyl groups is 1. The van der Waals surface area contributed by atoms with Crippen LogP contribution in [0, 0.1) is 0 Å². The van der Waals surface area contributed by atoms with Crippen LogP contribution < -0.4 is 5.32 Å². The summed E-state index contributed by atoms with van der Waals surface area (Å²) in [6.07, 6.45) is 2.36. The molecule has 2 N–H and O–H groups in total. The zero-order chi connectivity index (χ0) is 10.8. The molecule has 0 amide bonds. The van der Waals surface area contributed by atoms with Gasteiger partial charge in [0.15, 0.2) is 0 Å². The first-order valence-electron chi connectivity index (χ1n) is 5.75. The molecule has 1 saturated heterocycles. The van der Waals surface area contributed by atoms with Crippen LogP contribution in [0.25, 0.3) is 0 Å². The van der Waals surface area contributed by atoms with Crippen molar-refractivity contribution in [3.8, 4) is 5.75 Å². The maximum absolute atomic E-state index is 9.26. The number of benzene rings is 1. The van der Waals surface area contributed by atoms with Crippen LogP contribution >= 0.6 is 0 Å². The van der Waals surface area contributed by atoms with Gasteiger partial charge in [-0.3, -0.25) is 0 Å². The summed E-state index contributed by atoms with van der Waals surface area (Å²) in [5, 5.41) is 12.9. The molecule has 1 aromatic rings. The molecule has 0 aromatic heterocycles. The van der Waals surface area contributed by atoms with Crippen molar-refractivity contribution in [1.29, 1.82) is 0 Å². The van der Waals surface area contributed by atoms with Crippen LogP contribution in [-0.2, 0) is 0 Å². The quantitative estimate of drug-likeness (QED) is 0.778. The van der Waals surface area contributed by atoms with Gasteiger partial charge in [0.05, 0.1) is 0 Å². The van der Waals surface area contributed by atoms with Gasteiger partial charge in [-0.1, -0.05) is 19.1 Å². The van der Waals surface area contributed by atoms with Crippen molar-refractivity contribution in [3.05, 3.63) is 29.8 Å². The summed E-state index contributed by atoms with van der Waals surface area (Å²) in [5.74, 6) is 0.955. The van der Waals surface area contributed by atoms with Crippen LogP contribution in [0.5, 0.6) is 5.75 Å². The van der Waals surface area contributed by atoms with Crippen molar-refractivity contribution in [2.75, 3.05) is 0 Å². The summed E-state index contributed by atoms with van der Waals surface area (Å²) < 4.78 is 0. The molecule has 82 valence electrons. The first-order valence-corrected chi connectivity index (χ1v) is 5.75. The second kappa shape index (κ2) is 4.23. The predicted molar refractivity (Wildman–Crippen MR) is 62.1 cm³/mol. The highest BCUT2D eigenvalue weighted by Crippen LogP contribution is 2.32. The number of phenols is 1. The van der Waals surface area contributed by atoms with Gasteiger partial charge in [0.2, 0.25) is 0 Å². The summed E-state index contributed by atoms with van der Waals surface area (Å²) in [6.45, 7) is 4.46. The van der Waals surface area contributed by atoms with Crippen molar-refractivity contribution < 1.29 is 5.11 Å². The van der Waals surface area contributed by atoms with Crippen LogP contribution in [0.1, 0.15) is 38.2 Å². The van der Waals surface area contributed by atoms with Crippen LogP contribution in [0.3, 0.4) is 0 Å². The highest BCUT2D eigenvalue weighted by Gasteiger charge is 2.30. The molecule has 15 heavy (non-hydrogen) atoms. The molecule has 1 aromatic carbocycles. The zero-order valence-corrected chi connectivity index (χ0v) is 9.40. The average Bonchev–Trinajstić information content (AvgIpc) is 2.61. The van der Waals surface area contributed by atoms with Crippen LogP contribution in [0.4, 0.5) is 0 Å². The molecule has 0 saturated carbocycles. The Kier molecular flexibility index (Phi) is 2.96. The third-order valence-corrected chi connectivity index (χ3v) is 3.35. The van der Waals surface area contributed by atoms with Gasteiger partial charge in [0.1, 0.15) is 5.75 Å². The van der Waals surface area contributed by atoms with Crippen LogP contribution in [-0.4, -0.2) is 17.2 Å². The van der Waals surface area contributed by atoms with E-state index in [-0.39, 0.29) is 0 Å². The van der Waals surface area contributed by atoms with Crippen molar-refractivity contribution >= 4 is 0 Å². The van der Waals surface area contributed by atoms with E-state index in [4.69, 9.17) is 0 Å². The Morgan fingerprint density at radius 1 is 1.33 bits per heavy atom. The van der Waals surface area contributed by atoms with Gasteiger partial charge in [-0.2, -0.15) is 0 Å². The Morgan fingerprint density at radius 2 is 2.00 bits per heavy atom. The van der Waals surface area contributed by atoms with E-state index in [1.165, 1.54) is 12.0 Å². The maximum atomic E-state index is 9.26. The minimum Gasteiger partial charge on any atom is -0.508 e. The van der Waals surface area contributed by atoms with Gasteiger partial charge in [-0.15, -0.1) is 0 Å². The average molecular weight is 205 g/mol. The molecule has 1 heterocycles. The molecule has 2 heteroatoms. The zero-order valence-electron chi connectivity index (χ0n) is 9.40. The molecule has 1 fully saturated rings. The van der Waals surface area contributed by atoms with E-state index in [1.807, 2.05) is 12.1 Å². The SMILES string of the molecule is CC[C@@H]1N[C@@H](C)C[C@@H]1c1ccc(O)cc1. The van der Waals surface area contributed by atoms with E-state index >= 15 is 0 Å². The van der Waals surface area contributed by atoms with Crippen LogP contribution in [0.2, 0.25) is 0 Å². The van der Waals surface area contributed by atoms with E-state index in [0.717, 1.165) is 6.42 Å². The summed E-state index contributed by atoms with van der Waals surface area (Å²) in [5.41, 5.74) is 1.34. The van der Waals surface area contributed by atoms with Gasteiger partial charge < -0.3 is 10.4 Å². The van der Waals surface area contributed by atoms with Crippen molar-refractivity contribution in [1.82, 2.24) is 5.32 Å². The lowest BCUT2D eigenvalue weighted by atomic mass is 9.90. The second-order valence-electron chi connectivity index (χ2n) is 4.52. The molecule has 0 bridgehead atoms. The van der Waals surface area contributed by atoms with E-state index in [9.17, 15) is 5.11 Å². The fourth-order valence-corrected chi connectivity index (χ4v) is 2.59. The molecule has 2 nitrogen and oxygen atoms in total. The number of nitrogens with one attached hydrogen (secondary N) is 1. The molecule has 0 spiro atoms. The summed E-state index contributed by atoms with van der Waals surface area (Å²) >= 11 is 0. The Balaban J connectivity index is 2.19. The Bertz CT molecular complexity index is 320. The lowest BCUT2D eigenvalue weighted by molar-refractivity contribution is 0.474. The molecular formula is C13H19NO. The smallest absolute Gasteiger partial charge is 0.115 e. The normalized spacial score (nSPS) is 30.7. The van der Waals surface area contributed by atoms with E-state index in [1.54, 1.807) is 12.1 Å². The van der Waals surface area contributed by atoms with Gasteiger partial charge in [-0.05, 0) is 37.5 Å². The predicted octanol–water partition coefficient (Wildman–Crippen LogP) is 2.64.